The molecule has 0 aliphatic heterocycles. The summed E-state index contributed by atoms with van der Waals surface area (Å²) in [5.74, 6) is -3.13. The van der Waals surface area contributed by atoms with Crippen LogP contribution in [-0.4, -0.2) is 37.6 Å². The second-order valence-electron chi connectivity index (χ2n) is 2.67. The van der Waals surface area contributed by atoms with Crippen LogP contribution >= 0.6 is 15.6 Å². The van der Waals surface area contributed by atoms with Crippen molar-refractivity contribution in [3.05, 3.63) is 0 Å². The average Bonchev–Trinajstić information content (AvgIpc) is 1.95. The molecule has 0 radical (unpaired) electrons. The van der Waals surface area contributed by atoms with E-state index in [-0.39, 0.29) is 0 Å². The number of hydrogen-bond acceptors (Lipinski definition) is 7. The molecule has 0 spiro atoms. The smallest absolute Gasteiger partial charge is 0.371 e. The Bertz CT molecular complexity index is 393. The van der Waals surface area contributed by atoms with Gasteiger partial charge in [0.15, 0.2) is 0 Å². The van der Waals surface area contributed by atoms with E-state index in [0.29, 0.717) is 0 Å². The summed E-state index contributed by atoms with van der Waals surface area (Å²) < 4.78 is 27.5. The fourth-order valence-electron chi connectivity index (χ4n) is 0.618. The monoisotopic (exact) mass is 293 g/mol. The molecule has 11 nitrogen and oxygen atoms in total. The lowest BCUT2D eigenvalue weighted by Crippen LogP contribution is -2.34. The van der Waals surface area contributed by atoms with Crippen LogP contribution in [0.3, 0.4) is 0 Å². The molecule has 0 unspecified atom stereocenters. The Kier molecular flexibility index (Phi) is 5.43. The molecule has 0 bridgehead atoms. The van der Waals surface area contributed by atoms with Crippen LogP contribution in [0.5, 0.6) is 0 Å². The zero-order valence-electron chi connectivity index (χ0n) is 7.99. The molecule has 6 N–H and O–H groups in total. The van der Waals surface area contributed by atoms with Gasteiger partial charge in [0.05, 0.1) is 6.42 Å². The van der Waals surface area contributed by atoms with Crippen molar-refractivity contribution >= 4 is 27.6 Å². The van der Waals surface area contributed by atoms with Gasteiger partial charge in [0, 0.05) is 0 Å². The van der Waals surface area contributed by atoms with Crippen molar-refractivity contribution in [2.45, 2.75) is 12.5 Å². The zero-order valence-corrected chi connectivity index (χ0v) is 9.78. The third-order valence-corrected chi connectivity index (χ3v) is 1.98. The highest BCUT2D eigenvalue weighted by Gasteiger charge is 2.29. The van der Waals surface area contributed by atoms with E-state index in [1.807, 2.05) is 0 Å². The van der Waals surface area contributed by atoms with Crippen molar-refractivity contribution in [1.82, 2.24) is 0 Å². The number of rotatable bonds is 5. The normalized spacial score (nSPS) is 13.9. The number of carbonyl (C=O) groups excluding carboxylic acids is 2. The van der Waals surface area contributed by atoms with Crippen LogP contribution < -0.4 is 5.73 Å². The molecule has 17 heavy (non-hydrogen) atoms. The van der Waals surface area contributed by atoms with Crippen molar-refractivity contribution in [3.8, 4) is 0 Å². The van der Waals surface area contributed by atoms with Gasteiger partial charge in [0.25, 0.3) is 0 Å². The number of hydrogen-bond donors (Lipinski definition) is 5. The molecule has 100 valence electrons. The summed E-state index contributed by atoms with van der Waals surface area (Å²) in [6.45, 7) is 0. The largest absolute Gasteiger partial charge is 0.527 e. The van der Waals surface area contributed by atoms with Crippen LogP contribution in [-0.2, 0) is 27.8 Å². The highest BCUT2D eigenvalue weighted by Crippen LogP contribution is 2.37. The van der Waals surface area contributed by atoms with E-state index < -0.39 is 40.0 Å². The summed E-state index contributed by atoms with van der Waals surface area (Å²) in [7, 11) is -10.2. The van der Waals surface area contributed by atoms with Crippen LogP contribution in [0.1, 0.15) is 6.42 Å². The average molecular weight is 293 g/mol. The molecule has 0 amide bonds. The van der Waals surface area contributed by atoms with Crippen molar-refractivity contribution < 1.29 is 47.3 Å². The summed E-state index contributed by atoms with van der Waals surface area (Å²) in [4.78, 5) is 54.4. The quantitative estimate of drug-likeness (QED) is 0.351. The molecular weight excluding hydrogens is 284 g/mol. The molecule has 0 aliphatic carbocycles. The van der Waals surface area contributed by atoms with Gasteiger partial charge in [-0.15, -0.1) is 0 Å². The van der Waals surface area contributed by atoms with Crippen LogP contribution in [0.15, 0.2) is 0 Å². The lowest BCUT2D eigenvalue weighted by Gasteiger charge is -2.11. The minimum Gasteiger partial charge on any atom is -0.371 e. The topological polar surface area (TPSA) is 194 Å². The van der Waals surface area contributed by atoms with E-state index in [4.69, 9.17) is 25.3 Å². The molecular formula is C4H9NO10P2. The van der Waals surface area contributed by atoms with Gasteiger partial charge in [-0.2, -0.15) is 0 Å². The van der Waals surface area contributed by atoms with Gasteiger partial charge in [0.1, 0.15) is 6.04 Å². The first-order valence-electron chi connectivity index (χ1n) is 3.73. The van der Waals surface area contributed by atoms with E-state index in [0.717, 1.165) is 0 Å². The Morgan fingerprint density at radius 2 is 1.47 bits per heavy atom. The molecule has 1 atom stereocenters. The van der Waals surface area contributed by atoms with Gasteiger partial charge < -0.3 is 14.8 Å². The molecule has 0 heterocycles. The van der Waals surface area contributed by atoms with E-state index in [9.17, 15) is 18.7 Å². The Balaban J connectivity index is 4.32. The van der Waals surface area contributed by atoms with Crippen molar-refractivity contribution in [3.63, 3.8) is 0 Å². The Labute approximate surface area is 94.0 Å². The Morgan fingerprint density at radius 1 is 1.06 bits per heavy atom. The third kappa shape index (κ3) is 8.95. The predicted octanol–water partition coefficient (Wildman–Crippen LogP) is -2.02. The van der Waals surface area contributed by atoms with Gasteiger partial charge in [0.2, 0.25) is 0 Å². The Morgan fingerprint density at radius 3 is 1.82 bits per heavy atom. The van der Waals surface area contributed by atoms with Crippen molar-refractivity contribution in [2.24, 2.45) is 5.73 Å². The summed E-state index contributed by atoms with van der Waals surface area (Å²) in [6.07, 6.45) is -1.01. The summed E-state index contributed by atoms with van der Waals surface area (Å²) in [5, 5.41) is 0. The lowest BCUT2D eigenvalue weighted by atomic mass is 10.2. The fourth-order valence-corrected chi connectivity index (χ4v) is 1.33. The minimum absolute atomic E-state index is 1.01. The van der Waals surface area contributed by atoms with Gasteiger partial charge >= 0.3 is 27.6 Å². The second kappa shape index (κ2) is 5.69. The highest BCUT2D eigenvalue weighted by molar-refractivity contribution is 7.47. The first-order valence-corrected chi connectivity index (χ1v) is 6.79. The van der Waals surface area contributed by atoms with Gasteiger partial charge in [-0.05, 0) is 0 Å². The standard InChI is InChI=1S/C4H9NO10P2/c5-2(4(7)15-17(11,12)13)1-3(6)14-16(8,9)10/h2H,1,5H2,(H2,8,9,10)(H2,11,12,13)/t2-/m0/s1. The molecule has 0 rings (SSSR count). The molecule has 13 heteroatoms. The van der Waals surface area contributed by atoms with E-state index in [1.54, 1.807) is 0 Å². The molecule has 0 aromatic rings. The number of carbonyl (C=O) groups is 2. The summed E-state index contributed by atoms with van der Waals surface area (Å²) in [5.41, 5.74) is 4.97. The van der Waals surface area contributed by atoms with Gasteiger partial charge in [-0.1, -0.05) is 0 Å². The third-order valence-electron chi connectivity index (χ3n) is 1.12. The number of nitrogens with two attached hydrogens (primary N) is 1. The maximum atomic E-state index is 10.8. The summed E-state index contributed by atoms with van der Waals surface area (Å²) in [6, 6.07) is -1.82. The Hall–Kier alpha value is -0.800. The van der Waals surface area contributed by atoms with Crippen molar-refractivity contribution in [2.75, 3.05) is 0 Å². The maximum absolute atomic E-state index is 10.8. The van der Waals surface area contributed by atoms with Crippen LogP contribution in [0, 0.1) is 0 Å². The predicted molar refractivity (Wildman–Crippen MR) is 48.9 cm³/mol. The van der Waals surface area contributed by atoms with E-state index in [2.05, 4.69) is 9.05 Å². The van der Waals surface area contributed by atoms with E-state index in [1.165, 1.54) is 0 Å². The molecule has 0 aromatic heterocycles. The SMILES string of the molecule is N[C@@H](CC(=O)OP(=O)(O)O)C(=O)OP(=O)(O)O. The lowest BCUT2D eigenvalue weighted by molar-refractivity contribution is -0.143. The molecule has 0 aromatic carbocycles. The fraction of sp³-hybridized carbons (Fsp3) is 0.500. The van der Waals surface area contributed by atoms with Crippen molar-refractivity contribution in [1.29, 1.82) is 0 Å². The molecule has 0 saturated heterocycles. The first kappa shape index (κ1) is 16.2. The number of phosphoric acid groups is 2. The maximum Gasteiger partial charge on any atom is 0.527 e. The number of phosphoric ester groups is 2. The molecule has 0 aliphatic rings. The molecule has 0 fully saturated rings. The molecule has 0 saturated carbocycles. The second-order valence-corrected chi connectivity index (χ2v) is 4.99. The van der Waals surface area contributed by atoms with E-state index >= 15 is 0 Å². The van der Waals surface area contributed by atoms with Gasteiger partial charge in [-0.3, -0.25) is 24.4 Å². The van der Waals surface area contributed by atoms with Crippen LogP contribution in [0.25, 0.3) is 0 Å². The summed E-state index contributed by atoms with van der Waals surface area (Å²) >= 11 is 0. The minimum atomic E-state index is -5.10. The van der Waals surface area contributed by atoms with Crippen LogP contribution in [0.2, 0.25) is 0 Å². The first-order chi connectivity index (χ1) is 7.41. The van der Waals surface area contributed by atoms with Gasteiger partial charge in [-0.25, -0.2) is 13.9 Å². The highest BCUT2D eigenvalue weighted by atomic mass is 31.2. The zero-order chi connectivity index (χ0) is 13.9. The van der Waals surface area contributed by atoms with Crippen LogP contribution in [0.4, 0.5) is 0 Å².